The molecule has 1 heterocycles. The van der Waals surface area contributed by atoms with Crippen LogP contribution >= 0.6 is 0 Å². The Morgan fingerprint density at radius 1 is 1.16 bits per heavy atom. The Morgan fingerprint density at radius 2 is 1.95 bits per heavy atom. The highest BCUT2D eigenvalue weighted by Gasteiger charge is 2.28. The zero-order chi connectivity index (χ0) is 13.5. The van der Waals surface area contributed by atoms with Crippen molar-refractivity contribution in [2.75, 3.05) is 0 Å². The minimum atomic E-state index is -4.27. The summed E-state index contributed by atoms with van der Waals surface area (Å²) < 4.78 is 37.6. The first-order valence-electron chi connectivity index (χ1n) is 6.10. The number of nitrogens with zero attached hydrogens (tertiary/aromatic N) is 3. The lowest BCUT2D eigenvalue weighted by Crippen LogP contribution is -2.17. The van der Waals surface area contributed by atoms with Gasteiger partial charge >= 0.3 is 6.18 Å². The second-order valence-corrected chi connectivity index (χ2v) is 4.75. The first-order valence-corrected chi connectivity index (χ1v) is 6.10. The van der Waals surface area contributed by atoms with E-state index in [1.54, 1.807) is 0 Å². The Hall–Kier alpha value is -1.85. The molecule has 1 aliphatic rings. The summed E-state index contributed by atoms with van der Waals surface area (Å²) in [4.78, 5) is 0. The van der Waals surface area contributed by atoms with Crippen LogP contribution in [0.25, 0.3) is 11.3 Å². The number of fused-ring (bicyclic) bond motifs is 1. The number of hydrogen-bond donors (Lipinski definition) is 0. The van der Waals surface area contributed by atoms with Crippen LogP contribution in [0.4, 0.5) is 13.2 Å². The van der Waals surface area contributed by atoms with Crippen molar-refractivity contribution in [3.63, 3.8) is 0 Å². The maximum Gasteiger partial charge on any atom is 0.408 e. The van der Waals surface area contributed by atoms with E-state index >= 15 is 0 Å². The van der Waals surface area contributed by atoms with E-state index in [-0.39, 0.29) is 0 Å². The van der Waals surface area contributed by atoms with Crippen LogP contribution in [0.1, 0.15) is 17.5 Å². The predicted molar refractivity (Wildman–Crippen MR) is 63.5 cm³/mol. The molecule has 0 aliphatic heterocycles. The molecule has 6 heteroatoms. The van der Waals surface area contributed by atoms with E-state index in [1.165, 1.54) is 17.3 Å². The topological polar surface area (TPSA) is 30.7 Å². The second-order valence-electron chi connectivity index (χ2n) is 4.75. The molecule has 19 heavy (non-hydrogen) atoms. The number of rotatable bonds is 2. The van der Waals surface area contributed by atoms with Crippen LogP contribution in [0.2, 0.25) is 0 Å². The van der Waals surface area contributed by atoms with Gasteiger partial charge in [-0.3, -0.25) is 0 Å². The van der Waals surface area contributed by atoms with Gasteiger partial charge in [-0.25, -0.2) is 4.68 Å². The highest BCUT2D eigenvalue weighted by Crippen LogP contribution is 2.27. The van der Waals surface area contributed by atoms with Crippen molar-refractivity contribution in [1.29, 1.82) is 0 Å². The summed E-state index contributed by atoms with van der Waals surface area (Å²) in [7, 11) is 0. The van der Waals surface area contributed by atoms with Crippen LogP contribution in [0, 0.1) is 0 Å². The van der Waals surface area contributed by atoms with Gasteiger partial charge in [0.2, 0.25) is 0 Å². The first kappa shape index (κ1) is 12.2. The van der Waals surface area contributed by atoms with E-state index < -0.39 is 12.7 Å². The summed E-state index contributed by atoms with van der Waals surface area (Å²) in [5.74, 6) is 0. The van der Waals surface area contributed by atoms with Crippen LogP contribution in [0.3, 0.4) is 0 Å². The van der Waals surface area contributed by atoms with Gasteiger partial charge in [0.05, 0.1) is 6.20 Å². The normalized spacial score (nSPS) is 14.7. The van der Waals surface area contributed by atoms with Crippen molar-refractivity contribution < 1.29 is 13.2 Å². The Morgan fingerprint density at radius 3 is 2.74 bits per heavy atom. The minimum Gasteiger partial charge on any atom is -0.243 e. The number of benzene rings is 1. The fourth-order valence-corrected chi connectivity index (χ4v) is 2.42. The number of hydrogen-bond acceptors (Lipinski definition) is 2. The van der Waals surface area contributed by atoms with Crippen LogP contribution in [0.5, 0.6) is 0 Å². The third-order valence-electron chi connectivity index (χ3n) is 3.27. The quantitative estimate of drug-likeness (QED) is 0.837. The van der Waals surface area contributed by atoms with E-state index in [0.29, 0.717) is 5.69 Å². The molecular weight excluding hydrogens is 255 g/mol. The minimum absolute atomic E-state index is 0.485. The lowest BCUT2D eigenvalue weighted by Gasteiger charge is -2.04. The highest BCUT2D eigenvalue weighted by molar-refractivity contribution is 5.60. The largest absolute Gasteiger partial charge is 0.408 e. The maximum atomic E-state index is 12.2. The Labute approximate surface area is 108 Å². The van der Waals surface area contributed by atoms with Crippen LogP contribution in [-0.2, 0) is 19.4 Å². The molecule has 0 unspecified atom stereocenters. The van der Waals surface area contributed by atoms with Gasteiger partial charge in [-0.2, -0.15) is 13.2 Å². The molecule has 0 saturated carbocycles. The molecule has 100 valence electrons. The van der Waals surface area contributed by atoms with E-state index in [9.17, 15) is 13.2 Å². The summed E-state index contributed by atoms with van der Waals surface area (Å²) in [6.45, 7) is -1.11. The van der Waals surface area contributed by atoms with Gasteiger partial charge in [-0.05, 0) is 36.5 Å². The Balaban J connectivity index is 1.86. The van der Waals surface area contributed by atoms with Gasteiger partial charge in [-0.15, -0.1) is 5.10 Å². The summed E-state index contributed by atoms with van der Waals surface area (Å²) in [6, 6.07) is 5.93. The smallest absolute Gasteiger partial charge is 0.243 e. The average molecular weight is 267 g/mol. The molecule has 0 bridgehead atoms. The van der Waals surface area contributed by atoms with E-state index in [0.717, 1.165) is 29.5 Å². The van der Waals surface area contributed by atoms with Gasteiger partial charge in [0.1, 0.15) is 12.2 Å². The maximum absolute atomic E-state index is 12.2. The summed E-state index contributed by atoms with van der Waals surface area (Å²) in [5, 5.41) is 7.33. The van der Waals surface area contributed by atoms with Crippen LogP contribution in [0.15, 0.2) is 24.4 Å². The molecule has 0 fully saturated rings. The molecule has 3 rings (SSSR count). The number of aromatic nitrogens is 3. The van der Waals surface area contributed by atoms with Crippen molar-refractivity contribution in [1.82, 2.24) is 15.0 Å². The highest BCUT2D eigenvalue weighted by atomic mass is 19.4. The van der Waals surface area contributed by atoms with Gasteiger partial charge in [0.25, 0.3) is 0 Å². The standard InChI is InChI=1S/C13H12F3N3/c14-13(15,16)8-19-7-12(17-18-19)11-5-4-9-2-1-3-10(9)6-11/h4-7H,1-3,8H2. The number of alkyl halides is 3. The lowest BCUT2D eigenvalue weighted by molar-refractivity contribution is -0.142. The fraction of sp³-hybridized carbons (Fsp3) is 0.385. The van der Waals surface area contributed by atoms with Crippen LogP contribution in [-0.4, -0.2) is 21.2 Å². The molecule has 0 spiro atoms. The molecule has 1 aromatic carbocycles. The van der Waals surface area contributed by atoms with Gasteiger partial charge in [-0.1, -0.05) is 17.3 Å². The monoisotopic (exact) mass is 267 g/mol. The summed E-state index contributed by atoms with van der Waals surface area (Å²) >= 11 is 0. The number of aryl methyl sites for hydroxylation is 2. The summed E-state index contributed by atoms with van der Waals surface area (Å²) in [5.41, 5.74) is 3.90. The molecule has 2 aromatic rings. The van der Waals surface area contributed by atoms with E-state index in [1.807, 2.05) is 18.2 Å². The van der Waals surface area contributed by atoms with Crippen molar-refractivity contribution in [3.05, 3.63) is 35.5 Å². The summed E-state index contributed by atoms with van der Waals surface area (Å²) in [6.07, 6.45) is 0.308. The van der Waals surface area contributed by atoms with E-state index in [4.69, 9.17) is 0 Å². The van der Waals surface area contributed by atoms with Gasteiger partial charge < -0.3 is 0 Å². The molecule has 0 amide bonds. The van der Waals surface area contributed by atoms with Gasteiger partial charge in [0.15, 0.2) is 0 Å². The Bertz CT molecular complexity index is 601. The fourth-order valence-electron chi connectivity index (χ4n) is 2.42. The molecule has 0 saturated heterocycles. The molecular formula is C13H12F3N3. The molecule has 0 N–H and O–H groups in total. The third kappa shape index (κ3) is 2.62. The van der Waals surface area contributed by atoms with Crippen molar-refractivity contribution >= 4 is 0 Å². The second kappa shape index (κ2) is 4.36. The first-order chi connectivity index (χ1) is 9.01. The van der Waals surface area contributed by atoms with Crippen LogP contribution < -0.4 is 0 Å². The van der Waals surface area contributed by atoms with Gasteiger partial charge in [0, 0.05) is 5.56 Å². The predicted octanol–water partition coefficient (Wildman–Crippen LogP) is 3.00. The zero-order valence-corrected chi connectivity index (χ0v) is 10.1. The molecule has 3 nitrogen and oxygen atoms in total. The molecule has 1 aromatic heterocycles. The average Bonchev–Trinajstić information content (AvgIpc) is 2.93. The Kier molecular flexibility index (Phi) is 2.80. The van der Waals surface area contributed by atoms with Crippen molar-refractivity contribution in [2.24, 2.45) is 0 Å². The molecule has 0 atom stereocenters. The molecule has 0 radical (unpaired) electrons. The zero-order valence-electron chi connectivity index (χ0n) is 10.1. The lowest BCUT2D eigenvalue weighted by atomic mass is 10.1. The van der Waals surface area contributed by atoms with Crippen molar-refractivity contribution in [3.8, 4) is 11.3 Å². The van der Waals surface area contributed by atoms with E-state index in [2.05, 4.69) is 10.3 Å². The molecule has 1 aliphatic carbocycles. The third-order valence-corrected chi connectivity index (χ3v) is 3.27. The number of halogens is 3. The SMILES string of the molecule is FC(F)(F)Cn1cc(-c2ccc3c(c2)CCC3)nn1. The van der Waals surface area contributed by atoms with Crippen molar-refractivity contribution in [2.45, 2.75) is 32.0 Å².